The van der Waals surface area contributed by atoms with Crippen LogP contribution in [0.5, 0.6) is 0 Å². The number of thioether (sulfide) groups is 2. The van der Waals surface area contributed by atoms with E-state index in [4.69, 9.17) is 11.6 Å². The molecule has 4 heteroatoms. The third-order valence-electron chi connectivity index (χ3n) is 3.31. The first kappa shape index (κ1) is 14.6. The molecule has 1 heterocycles. The zero-order valence-corrected chi connectivity index (χ0v) is 13.3. The zero-order valence-electron chi connectivity index (χ0n) is 10.9. The molecule has 0 fully saturated rings. The highest BCUT2D eigenvalue weighted by Gasteiger charge is 2.22. The highest BCUT2D eigenvalue weighted by molar-refractivity contribution is 7.99. The van der Waals surface area contributed by atoms with Crippen LogP contribution in [0, 0.1) is 0 Å². The minimum Gasteiger partial charge on any atom is -0.306 e. The Kier molecular flexibility index (Phi) is 5.74. The fourth-order valence-electron chi connectivity index (χ4n) is 2.31. The summed E-state index contributed by atoms with van der Waals surface area (Å²) in [6.45, 7) is 2.25. The number of rotatable bonds is 5. The average Bonchev–Trinajstić information content (AvgIpc) is 2.38. The van der Waals surface area contributed by atoms with Gasteiger partial charge in [-0.2, -0.15) is 11.8 Å². The second-order valence-electron chi connectivity index (χ2n) is 4.60. The lowest BCUT2D eigenvalue weighted by molar-refractivity contribution is 0.436. The van der Waals surface area contributed by atoms with Crippen molar-refractivity contribution >= 4 is 35.1 Å². The second kappa shape index (κ2) is 7.09. The van der Waals surface area contributed by atoms with E-state index < -0.39 is 0 Å². The molecule has 1 aliphatic rings. The van der Waals surface area contributed by atoms with E-state index in [-0.39, 0.29) is 0 Å². The number of hydrogen-bond donors (Lipinski definition) is 1. The summed E-state index contributed by atoms with van der Waals surface area (Å²) in [6, 6.07) is 7.35. The number of hydrogen-bond acceptors (Lipinski definition) is 3. The summed E-state index contributed by atoms with van der Waals surface area (Å²) in [4.78, 5) is 1.39. The van der Waals surface area contributed by atoms with Crippen molar-refractivity contribution in [2.75, 3.05) is 17.8 Å². The number of benzene rings is 1. The third-order valence-corrected chi connectivity index (χ3v) is 5.40. The van der Waals surface area contributed by atoms with Gasteiger partial charge in [0.25, 0.3) is 0 Å². The van der Waals surface area contributed by atoms with Crippen LogP contribution in [0.1, 0.15) is 31.4 Å². The molecular weight excluding hydrogens is 282 g/mol. The molecule has 100 valence electrons. The molecule has 0 bridgehead atoms. The topological polar surface area (TPSA) is 12.0 Å². The molecule has 0 aliphatic carbocycles. The minimum atomic E-state index is 0.469. The predicted molar refractivity (Wildman–Crippen MR) is 85.1 cm³/mol. The normalized spacial score (nSPS) is 20.5. The maximum atomic E-state index is 6.13. The Balaban J connectivity index is 2.13. The van der Waals surface area contributed by atoms with Gasteiger partial charge in [0.15, 0.2) is 0 Å². The van der Waals surface area contributed by atoms with Gasteiger partial charge in [0.2, 0.25) is 0 Å². The van der Waals surface area contributed by atoms with Crippen LogP contribution >= 0.6 is 35.1 Å². The lowest BCUT2D eigenvalue weighted by Crippen LogP contribution is -2.35. The van der Waals surface area contributed by atoms with E-state index in [0.29, 0.717) is 12.1 Å². The van der Waals surface area contributed by atoms with E-state index in [1.165, 1.54) is 34.8 Å². The summed E-state index contributed by atoms with van der Waals surface area (Å²) in [7, 11) is 0. The molecule has 1 nitrogen and oxygen atoms in total. The number of halogens is 1. The van der Waals surface area contributed by atoms with E-state index in [9.17, 15) is 0 Å². The summed E-state index contributed by atoms with van der Waals surface area (Å²) in [6.07, 6.45) is 4.55. The maximum absolute atomic E-state index is 6.13. The van der Waals surface area contributed by atoms with Crippen LogP contribution in [0.25, 0.3) is 0 Å². The molecule has 0 amide bonds. The molecule has 0 radical (unpaired) electrons. The summed E-state index contributed by atoms with van der Waals surface area (Å²) in [5, 5.41) is 4.65. The summed E-state index contributed by atoms with van der Waals surface area (Å²) < 4.78 is 0. The van der Waals surface area contributed by atoms with Crippen molar-refractivity contribution in [3.8, 4) is 0 Å². The largest absolute Gasteiger partial charge is 0.306 e. The Morgan fingerprint density at radius 3 is 3.11 bits per heavy atom. The monoisotopic (exact) mass is 301 g/mol. The van der Waals surface area contributed by atoms with E-state index in [0.717, 1.165) is 5.02 Å². The molecule has 1 N–H and O–H groups in total. The quantitative estimate of drug-likeness (QED) is 0.853. The molecule has 1 aromatic carbocycles. The molecule has 2 atom stereocenters. The van der Waals surface area contributed by atoms with E-state index in [1.807, 2.05) is 29.6 Å². The van der Waals surface area contributed by atoms with Crippen LogP contribution in [0.3, 0.4) is 0 Å². The van der Waals surface area contributed by atoms with E-state index >= 15 is 0 Å². The first-order chi connectivity index (χ1) is 8.74. The maximum Gasteiger partial charge on any atom is 0.0410 e. The van der Waals surface area contributed by atoms with Gasteiger partial charge >= 0.3 is 0 Å². The summed E-state index contributed by atoms with van der Waals surface area (Å²) >= 11 is 9.99. The summed E-state index contributed by atoms with van der Waals surface area (Å²) in [5.41, 5.74) is 1.39. The average molecular weight is 302 g/mol. The number of fused-ring (bicyclic) bond motifs is 1. The van der Waals surface area contributed by atoms with Gasteiger partial charge in [0.1, 0.15) is 0 Å². The predicted octanol–water partition coefficient (Wildman–Crippen LogP) is 4.61. The first-order valence-corrected chi connectivity index (χ1v) is 9.17. The molecule has 0 saturated heterocycles. The molecule has 0 saturated carbocycles. The minimum absolute atomic E-state index is 0.469. The van der Waals surface area contributed by atoms with Gasteiger partial charge < -0.3 is 5.32 Å². The molecule has 2 unspecified atom stereocenters. The Labute approximate surface area is 123 Å². The van der Waals surface area contributed by atoms with Crippen molar-refractivity contribution in [3.63, 3.8) is 0 Å². The van der Waals surface area contributed by atoms with Crippen molar-refractivity contribution in [2.45, 2.75) is 36.7 Å². The van der Waals surface area contributed by atoms with Crippen molar-refractivity contribution in [1.82, 2.24) is 5.32 Å². The molecule has 0 spiro atoms. The van der Waals surface area contributed by atoms with Crippen molar-refractivity contribution in [3.05, 3.63) is 28.8 Å². The van der Waals surface area contributed by atoms with Gasteiger partial charge in [-0.25, -0.2) is 0 Å². The second-order valence-corrected chi connectivity index (χ2v) is 7.08. The van der Waals surface area contributed by atoms with Crippen molar-refractivity contribution in [2.24, 2.45) is 0 Å². The van der Waals surface area contributed by atoms with Gasteiger partial charge in [0, 0.05) is 27.8 Å². The van der Waals surface area contributed by atoms with Crippen LogP contribution in [0.2, 0.25) is 5.02 Å². The van der Waals surface area contributed by atoms with Crippen molar-refractivity contribution < 1.29 is 0 Å². The molecular formula is C14H20ClNS2. The lowest BCUT2D eigenvalue weighted by atomic mass is 10.0. The molecule has 2 rings (SSSR count). The van der Waals surface area contributed by atoms with Crippen LogP contribution in [-0.2, 0) is 0 Å². The van der Waals surface area contributed by atoms with E-state index in [1.54, 1.807) is 0 Å². The summed E-state index contributed by atoms with van der Waals surface area (Å²) in [5.74, 6) is 2.37. The van der Waals surface area contributed by atoms with E-state index in [2.05, 4.69) is 30.6 Å². The van der Waals surface area contributed by atoms with Gasteiger partial charge in [-0.1, -0.05) is 18.5 Å². The highest BCUT2D eigenvalue weighted by atomic mass is 35.5. The SMILES string of the molecule is CCC(CSC)NC1CCSc2ccc(Cl)cc21. The van der Waals surface area contributed by atoms with Gasteiger partial charge in [-0.15, -0.1) is 11.8 Å². The molecule has 1 aromatic rings. The van der Waals surface area contributed by atoms with Crippen LogP contribution in [-0.4, -0.2) is 23.8 Å². The van der Waals surface area contributed by atoms with Crippen molar-refractivity contribution in [1.29, 1.82) is 0 Å². The zero-order chi connectivity index (χ0) is 13.0. The van der Waals surface area contributed by atoms with Gasteiger partial charge in [-0.3, -0.25) is 0 Å². The Hall–Kier alpha value is 0.170. The first-order valence-electron chi connectivity index (χ1n) is 6.41. The van der Waals surface area contributed by atoms with Crippen LogP contribution < -0.4 is 5.32 Å². The molecule has 1 aliphatic heterocycles. The Morgan fingerprint density at radius 2 is 2.39 bits per heavy atom. The lowest BCUT2D eigenvalue weighted by Gasteiger charge is -2.30. The van der Waals surface area contributed by atoms with Gasteiger partial charge in [0.05, 0.1) is 0 Å². The fraction of sp³-hybridized carbons (Fsp3) is 0.571. The standard InChI is InChI=1S/C14H20ClNS2/c1-3-11(9-17-2)16-13-6-7-18-14-5-4-10(15)8-12(13)14/h4-5,8,11,13,16H,3,6-7,9H2,1-2H3. The molecule has 18 heavy (non-hydrogen) atoms. The molecule has 0 aromatic heterocycles. The van der Waals surface area contributed by atoms with Crippen LogP contribution in [0.4, 0.5) is 0 Å². The highest BCUT2D eigenvalue weighted by Crippen LogP contribution is 2.37. The van der Waals surface area contributed by atoms with Gasteiger partial charge in [-0.05, 0) is 48.6 Å². The number of nitrogens with one attached hydrogen (secondary N) is 1. The van der Waals surface area contributed by atoms with Crippen LogP contribution in [0.15, 0.2) is 23.1 Å². The Bertz CT molecular complexity index is 397. The third kappa shape index (κ3) is 3.60. The fourth-order valence-corrected chi connectivity index (χ4v) is 4.33. The Morgan fingerprint density at radius 1 is 1.56 bits per heavy atom. The smallest absolute Gasteiger partial charge is 0.0410 e.